The number of amides is 3. The highest BCUT2D eigenvalue weighted by molar-refractivity contribution is 6.01. The van der Waals surface area contributed by atoms with Crippen molar-refractivity contribution in [3.8, 4) is 0 Å². The maximum absolute atomic E-state index is 12.5. The number of carbonyl (C=O) groups is 3. The minimum atomic E-state index is -0.356. The van der Waals surface area contributed by atoms with Crippen LogP contribution in [0, 0.1) is 0 Å². The number of carbonyl (C=O) groups excluding carboxylic acids is 3. The standard InChI is InChI=1S/C22H31N5O3/c28-20-6-5-19(22(30)25-20)24-18-3-1-16(2-4-18)17-7-11-26(12-8-17)15-21(29)27-13-9-23-10-14-27/h1-4,17,19,23-24H,5-15H2,(H,25,28,30)/t19-/m1/s1. The average Bonchev–Trinajstić information content (AvgIpc) is 2.77. The van der Waals surface area contributed by atoms with Crippen LogP contribution in [-0.2, 0) is 14.4 Å². The van der Waals surface area contributed by atoms with Crippen LogP contribution >= 0.6 is 0 Å². The van der Waals surface area contributed by atoms with Crippen LogP contribution < -0.4 is 16.0 Å². The number of imide groups is 1. The zero-order valence-electron chi connectivity index (χ0n) is 17.4. The molecule has 1 aromatic carbocycles. The number of likely N-dealkylation sites (tertiary alicyclic amines) is 1. The second kappa shape index (κ2) is 9.57. The molecule has 3 heterocycles. The first-order chi connectivity index (χ1) is 14.6. The molecule has 8 nitrogen and oxygen atoms in total. The van der Waals surface area contributed by atoms with Crippen molar-refractivity contribution in [3.63, 3.8) is 0 Å². The molecule has 30 heavy (non-hydrogen) atoms. The third-order valence-corrected chi connectivity index (χ3v) is 6.38. The molecule has 1 atom stereocenters. The van der Waals surface area contributed by atoms with Crippen molar-refractivity contribution >= 4 is 23.4 Å². The number of piperidine rings is 2. The monoisotopic (exact) mass is 413 g/mol. The molecule has 0 aromatic heterocycles. The number of piperazine rings is 1. The van der Waals surface area contributed by atoms with Gasteiger partial charge in [0.2, 0.25) is 17.7 Å². The van der Waals surface area contributed by atoms with Gasteiger partial charge in [-0.2, -0.15) is 0 Å². The summed E-state index contributed by atoms with van der Waals surface area (Å²) < 4.78 is 0. The Bertz CT molecular complexity index is 767. The summed E-state index contributed by atoms with van der Waals surface area (Å²) >= 11 is 0. The van der Waals surface area contributed by atoms with E-state index in [4.69, 9.17) is 0 Å². The van der Waals surface area contributed by atoms with Crippen LogP contribution in [0.5, 0.6) is 0 Å². The lowest BCUT2D eigenvalue weighted by atomic mass is 9.89. The molecule has 3 N–H and O–H groups in total. The van der Waals surface area contributed by atoms with E-state index in [1.54, 1.807) is 0 Å². The molecule has 0 unspecified atom stereocenters. The second-order valence-electron chi connectivity index (χ2n) is 8.45. The van der Waals surface area contributed by atoms with Crippen LogP contribution in [0.25, 0.3) is 0 Å². The molecular weight excluding hydrogens is 382 g/mol. The Labute approximate surface area is 177 Å². The van der Waals surface area contributed by atoms with Gasteiger partial charge in [0, 0.05) is 38.3 Å². The van der Waals surface area contributed by atoms with Crippen LogP contribution in [0.4, 0.5) is 5.69 Å². The number of nitrogens with one attached hydrogen (secondary N) is 3. The summed E-state index contributed by atoms with van der Waals surface area (Å²) in [6, 6.07) is 7.92. The Morgan fingerprint density at radius 2 is 1.70 bits per heavy atom. The van der Waals surface area contributed by atoms with Gasteiger partial charge in [-0.25, -0.2) is 0 Å². The number of benzene rings is 1. The highest BCUT2D eigenvalue weighted by Gasteiger charge is 2.27. The van der Waals surface area contributed by atoms with Crippen molar-refractivity contribution in [1.82, 2.24) is 20.4 Å². The van der Waals surface area contributed by atoms with Crippen molar-refractivity contribution in [2.24, 2.45) is 0 Å². The summed E-state index contributed by atoms with van der Waals surface area (Å²) in [5, 5.41) is 8.88. The maximum Gasteiger partial charge on any atom is 0.249 e. The van der Waals surface area contributed by atoms with E-state index in [0.717, 1.165) is 57.8 Å². The van der Waals surface area contributed by atoms with E-state index < -0.39 is 0 Å². The van der Waals surface area contributed by atoms with Gasteiger partial charge in [-0.3, -0.25) is 24.6 Å². The van der Waals surface area contributed by atoms with Gasteiger partial charge in [0.1, 0.15) is 6.04 Å². The molecule has 0 bridgehead atoms. The zero-order chi connectivity index (χ0) is 20.9. The quantitative estimate of drug-likeness (QED) is 0.610. The summed E-state index contributed by atoms with van der Waals surface area (Å²) in [6.45, 7) is 5.83. The predicted octanol–water partition coefficient (Wildman–Crippen LogP) is 0.515. The van der Waals surface area contributed by atoms with Gasteiger partial charge in [-0.15, -0.1) is 0 Å². The lowest BCUT2D eigenvalue weighted by Gasteiger charge is -2.34. The summed E-state index contributed by atoms with van der Waals surface area (Å²) in [5.74, 6) is 0.298. The van der Waals surface area contributed by atoms with E-state index in [-0.39, 0.29) is 23.8 Å². The van der Waals surface area contributed by atoms with E-state index in [9.17, 15) is 14.4 Å². The van der Waals surface area contributed by atoms with Gasteiger partial charge in [0.25, 0.3) is 0 Å². The van der Waals surface area contributed by atoms with Crippen molar-refractivity contribution < 1.29 is 14.4 Å². The lowest BCUT2D eigenvalue weighted by molar-refractivity contribution is -0.134. The Morgan fingerprint density at radius 1 is 1.00 bits per heavy atom. The van der Waals surface area contributed by atoms with Crippen molar-refractivity contribution in [3.05, 3.63) is 29.8 Å². The van der Waals surface area contributed by atoms with Crippen molar-refractivity contribution in [2.75, 3.05) is 51.1 Å². The van der Waals surface area contributed by atoms with Crippen LogP contribution in [0.2, 0.25) is 0 Å². The van der Waals surface area contributed by atoms with Crippen molar-refractivity contribution in [2.45, 2.75) is 37.6 Å². The molecule has 3 fully saturated rings. The fourth-order valence-corrected chi connectivity index (χ4v) is 4.51. The number of rotatable bonds is 5. The smallest absolute Gasteiger partial charge is 0.249 e. The lowest BCUT2D eigenvalue weighted by Crippen LogP contribution is -2.50. The number of hydrogen-bond donors (Lipinski definition) is 3. The molecule has 8 heteroatoms. The van der Waals surface area contributed by atoms with Crippen LogP contribution in [0.1, 0.15) is 37.2 Å². The van der Waals surface area contributed by atoms with Crippen LogP contribution in [-0.4, -0.2) is 79.4 Å². The second-order valence-corrected chi connectivity index (χ2v) is 8.45. The molecule has 0 saturated carbocycles. The van der Waals surface area contributed by atoms with Crippen molar-refractivity contribution in [1.29, 1.82) is 0 Å². The molecule has 0 radical (unpaired) electrons. The average molecular weight is 414 g/mol. The molecular formula is C22H31N5O3. The highest BCUT2D eigenvalue weighted by Crippen LogP contribution is 2.29. The third-order valence-electron chi connectivity index (χ3n) is 6.38. The van der Waals surface area contributed by atoms with Gasteiger partial charge in [0.15, 0.2) is 0 Å². The Balaban J connectivity index is 1.24. The molecule has 3 amide bonds. The van der Waals surface area contributed by atoms with E-state index in [0.29, 0.717) is 25.3 Å². The molecule has 3 saturated heterocycles. The fourth-order valence-electron chi connectivity index (χ4n) is 4.51. The first-order valence-electron chi connectivity index (χ1n) is 11.0. The molecule has 3 aliphatic heterocycles. The predicted molar refractivity (Wildman–Crippen MR) is 114 cm³/mol. The highest BCUT2D eigenvalue weighted by atomic mass is 16.2. The van der Waals surface area contributed by atoms with E-state index in [1.807, 2.05) is 17.0 Å². The largest absolute Gasteiger partial charge is 0.374 e. The summed E-state index contributed by atoms with van der Waals surface area (Å²) in [7, 11) is 0. The third kappa shape index (κ3) is 5.17. The van der Waals surface area contributed by atoms with Gasteiger partial charge in [0.05, 0.1) is 6.54 Å². The molecule has 3 aliphatic rings. The van der Waals surface area contributed by atoms with Gasteiger partial charge in [-0.05, 0) is 56.0 Å². The van der Waals surface area contributed by atoms with Crippen LogP contribution in [0.3, 0.4) is 0 Å². The maximum atomic E-state index is 12.5. The van der Waals surface area contributed by atoms with E-state index in [1.165, 1.54) is 5.56 Å². The summed E-state index contributed by atoms with van der Waals surface area (Å²) in [6.07, 6.45) is 3.00. The number of anilines is 1. The van der Waals surface area contributed by atoms with E-state index in [2.05, 4.69) is 33.0 Å². The Hall–Kier alpha value is -2.45. The normalized spacial score (nSPS) is 23.9. The molecule has 4 rings (SSSR count). The minimum Gasteiger partial charge on any atom is -0.374 e. The zero-order valence-corrected chi connectivity index (χ0v) is 17.4. The number of nitrogens with zero attached hydrogens (tertiary/aromatic N) is 2. The van der Waals surface area contributed by atoms with Gasteiger partial charge in [-0.1, -0.05) is 12.1 Å². The van der Waals surface area contributed by atoms with E-state index >= 15 is 0 Å². The number of hydrogen-bond acceptors (Lipinski definition) is 6. The Morgan fingerprint density at radius 3 is 2.37 bits per heavy atom. The molecule has 0 spiro atoms. The molecule has 1 aromatic rings. The SMILES string of the molecule is O=C1CC[C@@H](Nc2ccc(C3CCN(CC(=O)N4CCNCC4)CC3)cc2)C(=O)N1. The summed E-state index contributed by atoms with van der Waals surface area (Å²) in [5.41, 5.74) is 2.20. The van der Waals surface area contributed by atoms with Gasteiger partial charge >= 0.3 is 0 Å². The first kappa shape index (κ1) is 20.8. The fraction of sp³-hybridized carbons (Fsp3) is 0.591. The summed E-state index contributed by atoms with van der Waals surface area (Å²) in [4.78, 5) is 39.9. The first-order valence-corrected chi connectivity index (χ1v) is 11.0. The molecule has 162 valence electrons. The minimum absolute atomic E-state index is 0.200. The molecule has 0 aliphatic carbocycles. The van der Waals surface area contributed by atoms with Gasteiger partial charge < -0.3 is 15.5 Å². The Kier molecular flexibility index (Phi) is 6.64. The topological polar surface area (TPSA) is 93.8 Å². The van der Waals surface area contributed by atoms with Crippen LogP contribution in [0.15, 0.2) is 24.3 Å².